The zero-order valence-corrected chi connectivity index (χ0v) is 10.4. The Balaban J connectivity index is 2.02. The zero-order valence-electron chi connectivity index (χ0n) is 7.98. The lowest BCUT2D eigenvalue weighted by molar-refractivity contribution is 0.932. The van der Waals surface area contributed by atoms with E-state index in [1.54, 1.807) is 34.8 Å². The van der Waals surface area contributed by atoms with Crippen LogP contribution in [0.3, 0.4) is 0 Å². The van der Waals surface area contributed by atoms with E-state index in [2.05, 4.69) is 15.0 Å². The van der Waals surface area contributed by atoms with Gasteiger partial charge in [0.1, 0.15) is 5.15 Å². The van der Waals surface area contributed by atoms with Crippen LogP contribution in [0.15, 0.2) is 22.9 Å². The van der Waals surface area contributed by atoms with E-state index in [1.807, 2.05) is 13.0 Å². The second-order valence-electron chi connectivity index (χ2n) is 2.84. The number of nitrogens with zero attached hydrogens (tertiary/aromatic N) is 3. The minimum atomic E-state index is 0.583. The van der Waals surface area contributed by atoms with Crippen LogP contribution in [0.2, 0.25) is 5.15 Å². The SMILES string of the molecule is Cc1ccnc(SCc2scnc2Cl)n1. The molecule has 0 aliphatic carbocycles. The molecule has 0 unspecified atom stereocenters. The molecule has 2 aromatic rings. The summed E-state index contributed by atoms with van der Waals surface area (Å²) in [5.41, 5.74) is 2.72. The fraction of sp³-hybridized carbons (Fsp3) is 0.222. The molecular weight excluding hydrogens is 250 g/mol. The number of thioether (sulfide) groups is 1. The van der Waals surface area contributed by atoms with Gasteiger partial charge in [-0.05, 0) is 13.0 Å². The molecule has 0 saturated carbocycles. The van der Waals surface area contributed by atoms with Crippen LogP contribution in [-0.4, -0.2) is 15.0 Å². The normalized spacial score (nSPS) is 10.5. The molecule has 0 aliphatic heterocycles. The number of hydrogen-bond donors (Lipinski definition) is 0. The molecule has 0 spiro atoms. The number of aromatic nitrogens is 3. The van der Waals surface area contributed by atoms with Crippen LogP contribution in [0.25, 0.3) is 0 Å². The lowest BCUT2D eigenvalue weighted by Gasteiger charge is -1.98. The van der Waals surface area contributed by atoms with Crippen LogP contribution in [0.5, 0.6) is 0 Å². The van der Waals surface area contributed by atoms with Gasteiger partial charge in [-0.3, -0.25) is 0 Å². The van der Waals surface area contributed by atoms with Gasteiger partial charge in [0.15, 0.2) is 5.16 Å². The Labute approximate surface area is 101 Å². The van der Waals surface area contributed by atoms with E-state index in [0.717, 1.165) is 21.5 Å². The van der Waals surface area contributed by atoms with Gasteiger partial charge in [-0.15, -0.1) is 11.3 Å². The summed E-state index contributed by atoms with van der Waals surface area (Å²) in [6, 6.07) is 1.88. The number of thiazole rings is 1. The highest BCUT2D eigenvalue weighted by atomic mass is 35.5. The number of aryl methyl sites for hydroxylation is 1. The van der Waals surface area contributed by atoms with Crippen molar-refractivity contribution in [3.63, 3.8) is 0 Å². The van der Waals surface area contributed by atoms with Crippen molar-refractivity contribution in [2.24, 2.45) is 0 Å². The quantitative estimate of drug-likeness (QED) is 0.625. The van der Waals surface area contributed by atoms with Crippen molar-refractivity contribution in [2.75, 3.05) is 0 Å². The highest BCUT2D eigenvalue weighted by Crippen LogP contribution is 2.26. The topological polar surface area (TPSA) is 38.7 Å². The predicted octanol–water partition coefficient (Wildman–Crippen LogP) is 3.19. The molecule has 3 nitrogen and oxygen atoms in total. The van der Waals surface area contributed by atoms with Crippen molar-refractivity contribution >= 4 is 34.7 Å². The summed E-state index contributed by atoms with van der Waals surface area (Å²) in [7, 11) is 0. The second-order valence-corrected chi connectivity index (χ2v) is 5.08. The third-order valence-electron chi connectivity index (χ3n) is 1.70. The van der Waals surface area contributed by atoms with Crippen LogP contribution in [0, 0.1) is 6.92 Å². The van der Waals surface area contributed by atoms with Crippen molar-refractivity contribution in [3.8, 4) is 0 Å². The van der Waals surface area contributed by atoms with E-state index in [-0.39, 0.29) is 0 Å². The second kappa shape index (κ2) is 4.92. The first-order valence-corrected chi connectivity index (χ1v) is 6.50. The maximum Gasteiger partial charge on any atom is 0.188 e. The Morgan fingerprint density at radius 1 is 1.47 bits per heavy atom. The number of hydrogen-bond acceptors (Lipinski definition) is 5. The maximum atomic E-state index is 5.88. The highest BCUT2D eigenvalue weighted by molar-refractivity contribution is 7.98. The third-order valence-corrected chi connectivity index (χ3v) is 4.04. The number of rotatable bonds is 3. The molecule has 0 aromatic carbocycles. The van der Waals surface area contributed by atoms with Crippen molar-refractivity contribution in [1.29, 1.82) is 0 Å². The first-order chi connectivity index (χ1) is 7.25. The minimum Gasteiger partial charge on any atom is -0.233 e. The predicted molar refractivity (Wildman–Crippen MR) is 63.5 cm³/mol. The summed E-state index contributed by atoms with van der Waals surface area (Å²) < 4.78 is 0. The Bertz CT molecular complexity index is 458. The summed E-state index contributed by atoms with van der Waals surface area (Å²) in [6.07, 6.45) is 1.76. The molecule has 15 heavy (non-hydrogen) atoms. The Kier molecular flexibility index (Phi) is 3.56. The number of halogens is 1. The molecule has 0 radical (unpaired) electrons. The van der Waals surface area contributed by atoms with E-state index in [4.69, 9.17) is 11.6 Å². The molecule has 0 N–H and O–H groups in total. The van der Waals surface area contributed by atoms with Gasteiger partial charge in [-0.25, -0.2) is 15.0 Å². The van der Waals surface area contributed by atoms with Gasteiger partial charge in [0, 0.05) is 17.6 Å². The average Bonchev–Trinajstić information content (AvgIpc) is 2.61. The van der Waals surface area contributed by atoms with Gasteiger partial charge in [0.05, 0.1) is 10.4 Å². The molecule has 78 valence electrons. The molecule has 6 heteroatoms. The Hall–Kier alpha value is -0.650. The molecule has 0 amide bonds. The van der Waals surface area contributed by atoms with Crippen LogP contribution in [-0.2, 0) is 5.75 Å². The van der Waals surface area contributed by atoms with Crippen LogP contribution < -0.4 is 0 Å². The van der Waals surface area contributed by atoms with Gasteiger partial charge >= 0.3 is 0 Å². The highest BCUT2D eigenvalue weighted by Gasteiger charge is 2.05. The smallest absolute Gasteiger partial charge is 0.188 e. The molecule has 0 saturated heterocycles. The fourth-order valence-corrected chi connectivity index (χ4v) is 2.99. The molecular formula is C9H8ClN3S2. The van der Waals surface area contributed by atoms with E-state index in [9.17, 15) is 0 Å². The van der Waals surface area contributed by atoms with Crippen molar-refractivity contribution < 1.29 is 0 Å². The summed E-state index contributed by atoms with van der Waals surface area (Å²) in [6.45, 7) is 1.95. The molecule has 0 fully saturated rings. The first-order valence-electron chi connectivity index (χ1n) is 4.26. The van der Waals surface area contributed by atoms with Gasteiger partial charge in [0.25, 0.3) is 0 Å². The van der Waals surface area contributed by atoms with Crippen molar-refractivity contribution in [3.05, 3.63) is 33.5 Å². The van der Waals surface area contributed by atoms with Crippen LogP contribution in [0.1, 0.15) is 10.6 Å². The summed E-state index contributed by atoms with van der Waals surface area (Å²) in [5.74, 6) is 0.771. The Morgan fingerprint density at radius 2 is 2.33 bits per heavy atom. The summed E-state index contributed by atoms with van der Waals surface area (Å²) in [4.78, 5) is 13.5. The van der Waals surface area contributed by atoms with Gasteiger partial charge < -0.3 is 0 Å². The maximum absolute atomic E-state index is 5.88. The van der Waals surface area contributed by atoms with Crippen molar-refractivity contribution in [2.45, 2.75) is 17.8 Å². The third kappa shape index (κ3) is 2.90. The monoisotopic (exact) mass is 257 g/mol. The van der Waals surface area contributed by atoms with E-state index in [1.165, 1.54) is 0 Å². The molecule has 2 aromatic heterocycles. The minimum absolute atomic E-state index is 0.583. The van der Waals surface area contributed by atoms with Gasteiger partial charge in [-0.1, -0.05) is 23.4 Å². The van der Waals surface area contributed by atoms with Gasteiger partial charge in [-0.2, -0.15) is 0 Å². The van der Waals surface area contributed by atoms with E-state index >= 15 is 0 Å². The lowest BCUT2D eigenvalue weighted by Crippen LogP contribution is -1.88. The summed E-state index contributed by atoms with van der Waals surface area (Å²) >= 11 is 9.01. The average molecular weight is 258 g/mol. The lowest BCUT2D eigenvalue weighted by atomic mass is 10.5. The zero-order chi connectivity index (χ0) is 10.7. The fourth-order valence-electron chi connectivity index (χ4n) is 0.976. The van der Waals surface area contributed by atoms with E-state index in [0.29, 0.717) is 5.15 Å². The molecule has 0 atom stereocenters. The summed E-state index contributed by atoms with van der Waals surface area (Å²) in [5, 5.41) is 1.36. The van der Waals surface area contributed by atoms with Gasteiger partial charge in [0.2, 0.25) is 0 Å². The van der Waals surface area contributed by atoms with E-state index < -0.39 is 0 Å². The first kappa shape index (κ1) is 10.9. The molecule has 2 rings (SSSR count). The Morgan fingerprint density at radius 3 is 3.00 bits per heavy atom. The standard InChI is InChI=1S/C9H8ClN3S2/c1-6-2-3-11-9(13-6)14-4-7-8(10)12-5-15-7/h2-3,5H,4H2,1H3. The molecule has 0 bridgehead atoms. The molecule has 0 aliphatic rings. The van der Waals surface area contributed by atoms with Crippen LogP contribution in [0.4, 0.5) is 0 Å². The largest absolute Gasteiger partial charge is 0.233 e. The van der Waals surface area contributed by atoms with Crippen molar-refractivity contribution in [1.82, 2.24) is 15.0 Å². The van der Waals surface area contributed by atoms with Crippen LogP contribution >= 0.6 is 34.7 Å². The molecule has 2 heterocycles.